The van der Waals surface area contributed by atoms with Crippen molar-refractivity contribution >= 4 is 29.8 Å². The van der Waals surface area contributed by atoms with Crippen LogP contribution in [0.5, 0.6) is 0 Å². The summed E-state index contributed by atoms with van der Waals surface area (Å²) in [4.78, 5) is 90.7. The Morgan fingerprint density at radius 1 is 0.580 bits per heavy atom. The topological polar surface area (TPSA) is 242 Å². The van der Waals surface area contributed by atoms with E-state index in [2.05, 4.69) is 20.3 Å². The maximum Gasteiger partial charge on any atom is 0.468 e. The minimum absolute atomic E-state index is 0.127. The van der Waals surface area contributed by atoms with Crippen LogP contribution in [0.1, 0.15) is 100 Å². The van der Waals surface area contributed by atoms with Gasteiger partial charge in [-0.1, -0.05) is 30.3 Å². The van der Waals surface area contributed by atoms with Gasteiger partial charge >= 0.3 is 35.0 Å². The zero-order valence-corrected chi connectivity index (χ0v) is 30.2. The highest BCUT2D eigenvalue weighted by molar-refractivity contribution is 6.05. The number of nitrogens with one attached hydrogen (secondary N) is 1. The molecule has 50 heavy (non-hydrogen) atoms. The highest BCUT2D eigenvalue weighted by atomic mass is 16.7. The maximum atomic E-state index is 13.9. The van der Waals surface area contributed by atoms with Crippen LogP contribution in [0.15, 0.2) is 30.3 Å². The van der Waals surface area contributed by atoms with Crippen molar-refractivity contribution in [2.45, 2.75) is 123 Å². The van der Waals surface area contributed by atoms with Crippen LogP contribution in [0.2, 0.25) is 0 Å². The summed E-state index contributed by atoms with van der Waals surface area (Å²) in [6, 6.07) is 8.44. The molecule has 0 aliphatic heterocycles. The summed E-state index contributed by atoms with van der Waals surface area (Å²) in [7, 11) is 0. The lowest BCUT2D eigenvalue weighted by atomic mass is 9.95. The predicted molar refractivity (Wildman–Crippen MR) is 174 cm³/mol. The van der Waals surface area contributed by atoms with Gasteiger partial charge in [0.15, 0.2) is 0 Å². The number of esters is 4. The smallest absolute Gasteiger partial charge is 0.454 e. The number of hydrogen-bond acceptors (Lipinski definition) is 16. The average Bonchev–Trinajstić information content (AvgIpc) is 2.89. The molecule has 0 spiro atoms. The normalized spacial score (nSPS) is 12.7. The lowest BCUT2D eigenvalue weighted by molar-refractivity contribution is -0.555. The van der Waals surface area contributed by atoms with E-state index < -0.39 is 84.8 Å². The predicted octanol–water partition coefficient (Wildman–Crippen LogP) is 3.79. The van der Waals surface area contributed by atoms with Crippen molar-refractivity contribution in [3.63, 3.8) is 0 Å². The van der Waals surface area contributed by atoms with Gasteiger partial charge in [0.1, 0.15) is 22.4 Å². The largest absolute Gasteiger partial charge is 0.468 e. The molecule has 0 aliphatic rings. The van der Waals surface area contributed by atoms with Gasteiger partial charge in [0.25, 0.3) is 0 Å². The van der Waals surface area contributed by atoms with Gasteiger partial charge in [0.2, 0.25) is 17.6 Å². The number of benzene rings is 1. The van der Waals surface area contributed by atoms with E-state index in [0.29, 0.717) is 5.56 Å². The number of nitrogens with zero attached hydrogens (tertiary/aromatic N) is 5. The molecule has 18 nitrogen and oxygen atoms in total. The number of hydrogen-bond donors (Lipinski definition) is 1. The molecular formula is C32H44N6O12. The molecule has 1 heterocycles. The molecule has 1 aromatic heterocycles. The lowest BCUT2D eigenvalue weighted by Gasteiger charge is -2.30. The van der Waals surface area contributed by atoms with Crippen molar-refractivity contribution < 1.29 is 48.0 Å². The van der Waals surface area contributed by atoms with E-state index in [9.17, 15) is 39.4 Å². The first-order valence-corrected chi connectivity index (χ1v) is 15.3. The van der Waals surface area contributed by atoms with Crippen molar-refractivity contribution in [1.29, 1.82) is 0 Å². The van der Waals surface area contributed by atoms with Gasteiger partial charge in [-0.3, -0.25) is 20.2 Å². The fraction of sp³-hybridized carbons (Fsp3) is 0.594. The van der Waals surface area contributed by atoms with Crippen LogP contribution in [0.25, 0.3) is 0 Å². The van der Waals surface area contributed by atoms with Crippen LogP contribution >= 0.6 is 0 Å². The highest BCUT2D eigenvalue weighted by Crippen LogP contribution is 2.35. The molecule has 0 atom stereocenters. The van der Waals surface area contributed by atoms with Crippen LogP contribution in [0.3, 0.4) is 0 Å². The molecule has 274 valence electrons. The van der Waals surface area contributed by atoms with E-state index in [1.807, 2.05) is 0 Å². The molecule has 0 amide bonds. The van der Waals surface area contributed by atoms with Gasteiger partial charge in [-0.05, 0) is 88.6 Å². The number of carbonyl (C=O) groups excluding carboxylic acids is 4. The first-order chi connectivity index (χ1) is 22.6. The molecule has 2 aromatic rings. The average molecular weight is 705 g/mol. The Labute approximate surface area is 288 Å². The minimum atomic E-state index is -3.77. The third-order valence-corrected chi connectivity index (χ3v) is 5.90. The van der Waals surface area contributed by atoms with Crippen molar-refractivity contribution in [2.24, 2.45) is 0 Å². The van der Waals surface area contributed by atoms with Crippen LogP contribution in [-0.4, -0.2) is 71.1 Å². The minimum Gasteiger partial charge on any atom is -0.454 e. The molecule has 0 saturated heterocycles. The second-order valence-electron chi connectivity index (χ2n) is 15.1. The van der Waals surface area contributed by atoms with E-state index in [-0.39, 0.29) is 6.54 Å². The zero-order valence-electron chi connectivity index (χ0n) is 30.2. The zero-order chi connectivity index (χ0) is 38.7. The van der Waals surface area contributed by atoms with Crippen LogP contribution in [0, 0.1) is 20.2 Å². The van der Waals surface area contributed by atoms with Gasteiger partial charge in [-0.15, -0.1) is 0 Å². The molecule has 0 unspecified atom stereocenters. The summed E-state index contributed by atoms with van der Waals surface area (Å²) in [5.41, 5.74) is -12.7. The number of anilines is 1. The first kappa shape index (κ1) is 40.9. The number of carbonyl (C=O) groups is 4. The van der Waals surface area contributed by atoms with E-state index in [1.54, 1.807) is 30.3 Å². The van der Waals surface area contributed by atoms with Gasteiger partial charge in [-0.2, -0.15) is 9.97 Å². The van der Waals surface area contributed by atoms with E-state index in [4.69, 9.17) is 18.9 Å². The molecule has 0 fully saturated rings. The Kier molecular flexibility index (Phi) is 11.7. The fourth-order valence-electron chi connectivity index (χ4n) is 3.96. The third-order valence-electron chi connectivity index (χ3n) is 5.90. The lowest BCUT2D eigenvalue weighted by Crippen LogP contribution is -2.58. The third kappa shape index (κ3) is 9.66. The van der Waals surface area contributed by atoms with Gasteiger partial charge in [0, 0.05) is 6.54 Å². The Morgan fingerprint density at radius 2 is 0.880 bits per heavy atom. The summed E-state index contributed by atoms with van der Waals surface area (Å²) >= 11 is 0. The molecule has 0 saturated carbocycles. The van der Waals surface area contributed by atoms with Crippen molar-refractivity contribution in [3.05, 3.63) is 67.8 Å². The van der Waals surface area contributed by atoms with Gasteiger partial charge in [-0.25, -0.2) is 24.2 Å². The summed E-state index contributed by atoms with van der Waals surface area (Å²) in [5.74, 6) is -10.8. The highest BCUT2D eigenvalue weighted by Gasteiger charge is 2.71. The summed E-state index contributed by atoms with van der Waals surface area (Å²) < 4.78 is 21.2. The fourth-order valence-corrected chi connectivity index (χ4v) is 3.96. The van der Waals surface area contributed by atoms with Crippen LogP contribution in [0.4, 0.5) is 5.95 Å². The van der Waals surface area contributed by atoms with Crippen LogP contribution in [-0.2, 0) is 55.7 Å². The molecule has 18 heteroatoms. The van der Waals surface area contributed by atoms with E-state index in [0.717, 1.165) is 0 Å². The first-order valence-electron chi connectivity index (χ1n) is 15.3. The SMILES string of the molecule is CC(C)(C)OC(=O)C(C(=O)OC(C)(C)C)(c1nc(NCc2ccccc2)nc(C(C(=O)OC(C)(C)C)(C(=O)OC(C)(C)C)[N+](=O)[O-])n1)[N+](=O)[O-]. The summed E-state index contributed by atoms with van der Waals surface area (Å²) in [5, 5.41) is 28.8. The standard InChI is InChI=1S/C32H44N6O12/c1-27(2,3)47-22(39)31(37(43)44,23(40)48-28(4,5)6)20-34-21(36-26(35-20)33-18-19-16-14-13-15-17-19)32(38(45)46,24(41)49-29(7,8)9)25(42)50-30(10,11)12/h13-17H,18H2,1-12H3,(H,33,34,35,36). The Balaban J connectivity index is 3.23. The van der Waals surface area contributed by atoms with E-state index in [1.165, 1.54) is 83.1 Å². The van der Waals surface area contributed by atoms with Gasteiger partial charge < -0.3 is 24.3 Å². The van der Waals surface area contributed by atoms with Crippen LogP contribution < -0.4 is 5.32 Å². The molecule has 2 rings (SSSR count). The number of ether oxygens (including phenoxy) is 4. The van der Waals surface area contributed by atoms with E-state index >= 15 is 0 Å². The monoisotopic (exact) mass is 704 g/mol. The van der Waals surface area contributed by atoms with Gasteiger partial charge in [0.05, 0.1) is 9.85 Å². The second-order valence-corrected chi connectivity index (χ2v) is 15.1. The van der Waals surface area contributed by atoms with Crippen molar-refractivity contribution in [2.75, 3.05) is 5.32 Å². The molecule has 1 aromatic carbocycles. The summed E-state index contributed by atoms with van der Waals surface area (Å²) in [6.45, 7) is 16.2. The molecule has 0 radical (unpaired) electrons. The molecule has 0 aliphatic carbocycles. The second kappa shape index (κ2) is 14.3. The maximum absolute atomic E-state index is 13.9. The Hall–Kier alpha value is -5.29. The quantitative estimate of drug-likeness (QED) is 0.115. The van der Waals surface area contributed by atoms with Crippen molar-refractivity contribution in [1.82, 2.24) is 15.0 Å². The Morgan fingerprint density at radius 3 is 1.14 bits per heavy atom. The molecular weight excluding hydrogens is 660 g/mol. The Bertz CT molecular complexity index is 1480. The number of aromatic nitrogens is 3. The number of nitro groups is 2. The molecule has 1 N–H and O–H groups in total. The number of rotatable bonds is 11. The van der Waals surface area contributed by atoms with Crippen molar-refractivity contribution in [3.8, 4) is 0 Å². The molecule has 0 bridgehead atoms. The summed E-state index contributed by atoms with van der Waals surface area (Å²) in [6.07, 6.45) is 0.